The number of fused-ring (bicyclic) bond motifs is 1. The van der Waals surface area contributed by atoms with E-state index in [0.717, 1.165) is 25.2 Å². The summed E-state index contributed by atoms with van der Waals surface area (Å²) in [5.41, 5.74) is 8.77. The van der Waals surface area contributed by atoms with Crippen LogP contribution in [0.1, 0.15) is 37.4 Å². The van der Waals surface area contributed by atoms with Crippen molar-refractivity contribution in [3.63, 3.8) is 0 Å². The Labute approximate surface area is 119 Å². The van der Waals surface area contributed by atoms with Crippen molar-refractivity contribution in [1.29, 1.82) is 0 Å². The number of hydrogen-bond donors (Lipinski definition) is 3. The molecule has 1 aromatic rings. The summed E-state index contributed by atoms with van der Waals surface area (Å²) < 4.78 is 5.52. The summed E-state index contributed by atoms with van der Waals surface area (Å²) in [7, 11) is 0. The summed E-state index contributed by atoms with van der Waals surface area (Å²) in [6.07, 6.45) is 1.73. The first-order valence-corrected chi connectivity index (χ1v) is 7.20. The second kappa shape index (κ2) is 5.42. The smallest absolute Gasteiger partial charge is 0.238 e. The molecule has 5 nitrogen and oxygen atoms in total. The maximum atomic E-state index is 12.0. The van der Waals surface area contributed by atoms with E-state index < -0.39 is 0 Å². The van der Waals surface area contributed by atoms with E-state index in [1.807, 2.05) is 19.9 Å². The van der Waals surface area contributed by atoms with Crippen LogP contribution in [-0.2, 0) is 11.2 Å². The lowest BCUT2D eigenvalue weighted by molar-refractivity contribution is -0.123. The molecule has 2 aliphatic rings. The molecule has 0 aromatic heterocycles. The average Bonchev–Trinajstić information content (AvgIpc) is 3.06. The van der Waals surface area contributed by atoms with Gasteiger partial charge in [0.05, 0.1) is 6.61 Å². The number of ether oxygens (including phenoxy) is 1. The second-order valence-corrected chi connectivity index (χ2v) is 5.76. The van der Waals surface area contributed by atoms with Crippen molar-refractivity contribution in [3.8, 4) is 5.75 Å². The zero-order chi connectivity index (χ0) is 14.1. The Morgan fingerprint density at radius 1 is 1.40 bits per heavy atom. The number of benzene rings is 1. The van der Waals surface area contributed by atoms with Crippen LogP contribution >= 0.6 is 0 Å². The number of amides is 1. The van der Waals surface area contributed by atoms with Gasteiger partial charge < -0.3 is 10.1 Å². The largest absolute Gasteiger partial charge is 0.493 e. The van der Waals surface area contributed by atoms with Gasteiger partial charge in [-0.2, -0.15) is 0 Å². The van der Waals surface area contributed by atoms with Crippen molar-refractivity contribution in [2.24, 2.45) is 0 Å². The van der Waals surface area contributed by atoms with Crippen LogP contribution in [0.2, 0.25) is 0 Å². The Balaban J connectivity index is 1.66. The van der Waals surface area contributed by atoms with E-state index in [1.165, 1.54) is 11.1 Å². The van der Waals surface area contributed by atoms with Gasteiger partial charge in [0.25, 0.3) is 0 Å². The van der Waals surface area contributed by atoms with Crippen LogP contribution in [-0.4, -0.2) is 24.6 Å². The van der Waals surface area contributed by atoms with Gasteiger partial charge >= 0.3 is 0 Å². The van der Waals surface area contributed by atoms with E-state index in [4.69, 9.17) is 4.74 Å². The SMILES string of the molecule is CC(C)NC(=O)C1CC(c2ccc3c(c2)CCO3)NN1. The molecule has 1 aromatic carbocycles. The molecule has 2 heterocycles. The summed E-state index contributed by atoms with van der Waals surface area (Å²) in [6, 6.07) is 6.45. The minimum Gasteiger partial charge on any atom is -0.493 e. The number of carbonyl (C=O) groups excluding carboxylic acids is 1. The standard InChI is InChI=1S/C15H21N3O2/c1-9(2)16-15(19)13-8-12(17-18-13)10-3-4-14-11(7-10)5-6-20-14/h3-4,7,9,12-13,17-18H,5-6,8H2,1-2H3,(H,16,19). The second-order valence-electron chi connectivity index (χ2n) is 5.76. The van der Waals surface area contributed by atoms with Crippen LogP contribution in [0.5, 0.6) is 5.75 Å². The van der Waals surface area contributed by atoms with Crippen LogP contribution < -0.4 is 20.9 Å². The van der Waals surface area contributed by atoms with Gasteiger partial charge in [-0.1, -0.05) is 12.1 Å². The van der Waals surface area contributed by atoms with E-state index in [9.17, 15) is 4.79 Å². The molecule has 0 spiro atoms. The number of hydrazine groups is 1. The molecule has 3 rings (SSSR count). The van der Waals surface area contributed by atoms with E-state index in [2.05, 4.69) is 28.3 Å². The topological polar surface area (TPSA) is 62.4 Å². The molecule has 2 aliphatic heterocycles. The van der Waals surface area contributed by atoms with Gasteiger partial charge in [-0.15, -0.1) is 0 Å². The lowest BCUT2D eigenvalue weighted by atomic mass is 9.99. The summed E-state index contributed by atoms with van der Waals surface area (Å²) in [6.45, 7) is 4.71. The third kappa shape index (κ3) is 2.64. The van der Waals surface area contributed by atoms with Gasteiger partial charge in [-0.3, -0.25) is 4.79 Å². The number of carbonyl (C=O) groups is 1. The summed E-state index contributed by atoms with van der Waals surface area (Å²) >= 11 is 0. The van der Waals surface area contributed by atoms with E-state index in [0.29, 0.717) is 0 Å². The molecule has 2 atom stereocenters. The maximum absolute atomic E-state index is 12.0. The van der Waals surface area contributed by atoms with Gasteiger partial charge in [0.2, 0.25) is 5.91 Å². The van der Waals surface area contributed by atoms with Crippen LogP contribution in [0.3, 0.4) is 0 Å². The Kier molecular flexibility index (Phi) is 3.63. The molecule has 1 amide bonds. The highest BCUT2D eigenvalue weighted by Gasteiger charge is 2.30. The van der Waals surface area contributed by atoms with Gasteiger partial charge in [0.15, 0.2) is 0 Å². The molecule has 1 fully saturated rings. The third-order valence-electron chi connectivity index (χ3n) is 3.77. The van der Waals surface area contributed by atoms with E-state index in [1.54, 1.807) is 0 Å². The number of nitrogens with one attached hydrogen (secondary N) is 3. The molecule has 0 aliphatic carbocycles. The lowest BCUT2D eigenvalue weighted by Gasteiger charge is -2.13. The molecular formula is C15H21N3O2. The van der Waals surface area contributed by atoms with Crippen LogP contribution in [0.25, 0.3) is 0 Å². The van der Waals surface area contributed by atoms with E-state index in [-0.39, 0.29) is 24.0 Å². The summed E-state index contributed by atoms with van der Waals surface area (Å²) in [4.78, 5) is 12.0. The predicted octanol–water partition coefficient (Wildman–Crippen LogP) is 1.05. The van der Waals surface area contributed by atoms with Crippen molar-refractivity contribution in [2.45, 2.75) is 44.8 Å². The van der Waals surface area contributed by atoms with Gasteiger partial charge in [-0.05, 0) is 37.5 Å². The average molecular weight is 275 g/mol. The molecule has 20 heavy (non-hydrogen) atoms. The highest BCUT2D eigenvalue weighted by Crippen LogP contribution is 2.30. The van der Waals surface area contributed by atoms with Crippen LogP contribution in [0, 0.1) is 0 Å². The van der Waals surface area contributed by atoms with Gasteiger partial charge in [0, 0.05) is 18.5 Å². The fourth-order valence-electron chi connectivity index (χ4n) is 2.76. The summed E-state index contributed by atoms with van der Waals surface area (Å²) in [5, 5.41) is 2.94. The van der Waals surface area contributed by atoms with Crippen molar-refractivity contribution < 1.29 is 9.53 Å². The highest BCUT2D eigenvalue weighted by atomic mass is 16.5. The first-order valence-electron chi connectivity index (χ1n) is 7.20. The highest BCUT2D eigenvalue weighted by molar-refractivity contribution is 5.82. The molecule has 5 heteroatoms. The van der Waals surface area contributed by atoms with Crippen LogP contribution in [0.15, 0.2) is 18.2 Å². The monoisotopic (exact) mass is 275 g/mol. The zero-order valence-electron chi connectivity index (χ0n) is 11.9. The molecule has 0 radical (unpaired) electrons. The Morgan fingerprint density at radius 3 is 3.05 bits per heavy atom. The fraction of sp³-hybridized carbons (Fsp3) is 0.533. The van der Waals surface area contributed by atoms with Crippen LogP contribution in [0.4, 0.5) is 0 Å². The lowest BCUT2D eigenvalue weighted by Crippen LogP contribution is -2.45. The number of rotatable bonds is 3. The van der Waals surface area contributed by atoms with Gasteiger partial charge in [-0.25, -0.2) is 10.9 Å². The van der Waals surface area contributed by atoms with Gasteiger partial charge in [0.1, 0.15) is 11.8 Å². The molecular weight excluding hydrogens is 254 g/mol. The van der Waals surface area contributed by atoms with Crippen molar-refractivity contribution in [2.75, 3.05) is 6.61 Å². The number of hydrogen-bond acceptors (Lipinski definition) is 4. The first kappa shape index (κ1) is 13.4. The van der Waals surface area contributed by atoms with E-state index >= 15 is 0 Å². The molecule has 0 saturated carbocycles. The first-order chi connectivity index (χ1) is 9.63. The maximum Gasteiger partial charge on any atom is 0.238 e. The molecule has 108 valence electrons. The fourth-order valence-corrected chi connectivity index (χ4v) is 2.76. The Hall–Kier alpha value is -1.59. The molecule has 1 saturated heterocycles. The van der Waals surface area contributed by atoms with Crippen molar-refractivity contribution >= 4 is 5.91 Å². The summed E-state index contributed by atoms with van der Waals surface area (Å²) in [5.74, 6) is 1.05. The third-order valence-corrected chi connectivity index (χ3v) is 3.77. The Bertz CT molecular complexity index is 516. The minimum absolute atomic E-state index is 0.0551. The zero-order valence-corrected chi connectivity index (χ0v) is 11.9. The van der Waals surface area contributed by atoms with Crippen molar-refractivity contribution in [1.82, 2.24) is 16.2 Å². The molecule has 0 bridgehead atoms. The Morgan fingerprint density at radius 2 is 2.25 bits per heavy atom. The molecule has 3 N–H and O–H groups in total. The predicted molar refractivity (Wildman–Crippen MR) is 76.3 cm³/mol. The quantitative estimate of drug-likeness (QED) is 0.772. The molecule has 2 unspecified atom stereocenters. The normalized spacial score (nSPS) is 24.6. The van der Waals surface area contributed by atoms with Crippen molar-refractivity contribution in [3.05, 3.63) is 29.3 Å². The minimum atomic E-state index is -0.174.